The molecule has 20 heavy (non-hydrogen) atoms. The predicted octanol–water partition coefficient (Wildman–Crippen LogP) is 2.17. The molecule has 5 nitrogen and oxygen atoms in total. The Balaban J connectivity index is 2.05. The van der Waals surface area contributed by atoms with Crippen LogP contribution >= 0.6 is 0 Å². The van der Waals surface area contributed by atoms with E-state index in [-0.39, 0.29) is 19.0 Å². The molecule has 0 atom stereocenters. The molecule has 0 fully saturated rings. The molecule has 3 N–H and O–H groups in total. The maximum Gasteiger partial charge on any atom is 0.183 e. The van der Waals surface area contributed by atoms with E-state index in [0.29, 0.717) is 5.82 Å². The van der Waals surface area contributed by atoms with Gasteiger partial charge in [-0.1, -0.05) is 18.2 Å². The van der Waals surface area contributed by atoms with E-state index < -0.39 is 5.82 Å². The number of rotatable bonds is 4. The molecule has 0 spiro atoms. The van der Waals surface area contributed by atoms with E-state index in [1.165, 1.54) is 0 Å². The van der Waals surface area contributed by atoms with Crippen LogP contribution in [0.25, 0.3) is 22.3 Å². The number of nitrogens with one attached hydrogen (secondary N) is 2. The zero-order valence-electron chi connectivity index (χ0n) is 10.6. The Morgan fingerprint density at radius 1 is 1.30 bits per heavy atom. The van der Waals surface area contributed by atoms with E-state index in [0.717, 1.165) is 22.7 Å². The van der Waals surface area contributed by atoms with Gasteiger partial charge >= 0.3 is 0 Å². The van der Waals surface area contributed by atoms with Gasteiger partial charge in [0.2, 0.25) is 0 Å². The molecule has 2 aromatic heterocycles. The number of fused-ring (bicyclic) bond motifs is 1. The Bertz CT molecular complexity index is 741. The third kappa shape index (κ3) is 2.21. The number of aliphatic hydroxyl groups excluding tert-OH is 1. The smallest absolute Gasteiger partial charge is 0.183 e. The molecule has 0 saturated heterocycles. The molecule has 3 rings (SSSR count). The Labute approximate surface area is 114 Å². The van der Waals surface area contributed by atoms with E-state index in [1.54, 1.807) is 6.20 Å². The minimum Gasteiger partial charge on any atom is -0.395 e. The van der Waals surface area contributed by atoms with Crippen molar-refractivity contribution in [1.82, 2.24) is 15.0 Å². The van der Waals surface area contributed by atoms with Crippen LogP contribution in [-0.4, -0.2) is 33.2 Å². The van der Waals surface area contributed by atoms with E-state index >= 15 is 0 Å². The number of aromatic nitrogens is 3. The number of anilines is 1. The van der Waals surface area contributed by atoms with Crippen LogP contribution in [0.2, 0.25) is 0 Å². The quantitative estimate of drug-likeness (QED) is 0.680. The molecule has 0 amide bonds. The third-order valence-electron chi connectivity index (χ3n) is 2.98. The second-order valence-corrected chi connectivity index (χ2v) is 4.29. The van der Waals surface area contributed by atoms with Crippen LogP contribution in [0, 0.1) is 5.82 Å². The number of hydrogen-bond donors (Lipinski definition) is 3. The first-order valence-electron chi connectivity index (χ1n) is 6.23. The predicted molar refractivity (Wildman–Crippen MR) is 74.9 cm³/mol. The summed E-state index contributed by atoms with van der Waals surface area (Å²) in [6.45, 7) is 0.146. The molecule has 0 unspecified atom stereocenters. The Morgan fingerprint density at radius 2 is 2.15 bits per heavy atom. The number of halogens is 1. The maximum absolute atomic E-state index is 13.6. The van der Waals surface area contributed by atoms with Gasteiger partial charge in [-0.05, 0) is 6.07 Å². The second kappa shape index (κ2) is 5.26. The number of H-pyrrole nitrogens is 1. The van der Waals surface area contributed by atoms with Gasteiger partial charge in [-0.3, -0.25) is 0 Å². The first kappa shape index (κ1) is 12.6. The van der Waals surface area contributed by atoms with Crippen LogP contribution in [0.15, 0.2) is 36.7 Å². The van der Waals surface area contributed by atoms with Crippen LogP contribution in [0.4, 0.5) is 10.2 Å². The standard InChI is InChI=1S/C14H13FN4O/c15-11-8-18-13(19-14(11)16-5-6-20)10-7-17-12-4-2-1-3-9(10)12/h1-4,7-8,17,20H,5-6H2,(H,16,18,19). The van der Waals surface area contributed by atoms with Gasteiger partial charge in [0.25, 0.3) is 0 Å². The van der Waals surface area contributed by atoms with Gasteiger partial charge in [0, 0.05) is 29.2 Å². The summed E-state index contributed by atoms with van der Waals surface area (Å²) in [5.74, 6) is -0.0133. The van der Waals surface area contributed by atoms with Gasteiger partial charge in [-0.25, -0.2) is 14.4 Å². The summed E-state index contributed by atoms with van der Waals surface area (Å²) in [4.78, 5) is 11.3. The topological polar surface area (TPSA) is 73.8 Å². The summed E-state index contributed by atoms with van der Waals surface area (Å²) in [6.07, 6.45) is 2.93. The van der Waals surface area contributed by atoms with Crippen molar-refractivity contribution in [3.63, 3.8) is 0 Å². The number of hydrogen-bond acceptors (Lipinski definition) is 4. The molecule has 0 bridgehead atoms. The monoisotopic (exact) mass is 272 g/mol. The van der Waals surface area contributed by atoms with Gasteiger partial charge in [-0.15, -0.1) is 0 Å². The summed E-state index contributed by atoms with van der Waals surface area (Å²) in [7, 11) is 0. The van der Waals surface area contributed by atoms with Crippen molar-refractivity contribution in [2.24, 2.45) is 0 Å². The highest BCUT2D eigenvalue weighted by Crippen LogP contribution is 2.26. The van der Waals surface area contributed by atoms with Crippen molar-refractivity contribution in [3.05, 3.63) is 42.5 Å². The summed E-state index contributed by atoms with van der Waals surface area (Å²) in [5.41, 5.74) is 1.79. The van der Waals surface area contributed by atoms with Gasteiger partial charge < -0.3 is 15.4 Å². The molecule has 0 aliphatic carbocycles. The summed E-state index contributed by atoms with van der Waals surface area (Å²) in [6, 6.07) is 7.76. The number of nitrogens with zero attached hydrogens (tertiary/aromatic N) is 2. The van der Waals surface area contributed by atoms with Crippen LogP contribution in [0.5, 0.6) is 0 Å². The molecule has 0 radical (unpaired) electrons. The fourth-order valence-electron chi connectivity index (χ4n) is 2.05. The average Bonchev–Trinajstić information content (AvgIpc) is 2.90. The number of benzene rings is 1. The van der Waals surface area contributed by atoms with E-state index in [9.17, 15) is 4.39 Å². The van der Waals surface area contributed by atoms with Gasteiger partial charge in [0.05, 0.1) is 12.8 Å². The highest BCUT2D eigenvalue weighted by molar-refractivity contribution is 5.93. The van der Waals surface area contributed by atoms with Gasteiger partial charge in [0.15, 0.2) is 17.5 Å². The fraction of sp³-hybridized carbons (Fsp3) is 0.143. The summed E-state index contributed by atoms with van der Waals surface area (Å²) < 4.78 is 13.6. The molecule has 1 aromatic carbocycles. The molecular formula is C14H13FN4O. The number of aliphatic hydroxyl groups is 1. The van der Waals surface area contributed by atoms with Crippen molar-refractivity contribution in [2.75, 3.05) is 18.5 Å². The molecule has 102 valence electrons. The van der Waals surface area contributed by atoms with Gasteiger partial charge in [0.1, 0.15) is 0 Å². The normalized spacial score (nSPS) is 10.9. The Hall–Kier alpha value is -2.47. The second-order valence-electron chi connectivity index (χ2n) is 4.29. The summed E-state index contributed by atoms with van der Waals surface area (Å²) >= 11 is 0. The van der Waals surface area contributed by atoms with Crippen LogP contribution in [0.3, 0.4) is 0 Å². The largest absolute Gasteiger partial charge is 0.395 e. The number of aromatic amines is 1. The lowest BCUT2D eigenvalue weighted by molar-refractivity contribution is 0.310. The van der Waals surface area contributed by atoms with Crippen molar-refractivity contribution < 1.29 is 9.50 Å². The summed E-state index contributed by atoms with van der Waals surface area (Å²) in [5, 5.41) is 12.5. The van der Waals surface area contributed by atoms with Crippen molar-refractivity contribution in [3.8, 4) is 11.4 Å². The van der Waals surface area contributed by atoms with Crippen LogP contribution in [0.1, 0.15) is 0 Å². The molecule has 3 aromatic rings. The lowest BCUT2D eigenvalue weighted by Crippen LogP contribution is -2.09. The Kier molecular flexibility index (Phi) is 3.30. The minimum absolute atomic E-state index is 0.0914. The fourth-order valence-corrected chi connectivity index (χ4v) is 2.05. The molecule has 2 heterocycles. The molecule has 6 heteroatoms. The molecule has 0 saturated carbocycles. The lowest BCUT2D eigenvalue weighted by atomic mass is 10.1. The SMILES string of the molecule is OCCNc1nc(-c2c[nH]c3ccccc23)ncc1F. The lowest BCUT2D eigenvalue weighted by Gasteiger charge is -2.06. The first-order chi connectivity index (χ1) is 9.79. The van der Waals surface area contributed by atoms with Crippen molar-refractivity contribution in [2.45, 2.75) is 0 Å². The first-order valence-corrected chi connectivity index (χ1v) is 6.23. The van der Waals surface area contributed by atoms with Crippen LogP contribution < -0.4 is 5.32 Å². The highest BCUT2D eigenvalue weighted by Gasteiger charge is 2.11. The molecular weight excluding hydrogens is 259 g/mol. The van der Waals surface area contributed by atoms with E-state index in [1.807, 2.05) is 24.3 Å². The van der Waals surface area contributed by atoms with E-state index in [2.05, 4.69) is 20.3 Å². The maximum atomic E-state index is 13.6. The average molecular weight is 272 g/mol. The zero-order chi connectivity index (χ0) is 13.9. The number of para-hydroxylation sites is 1. The zero-order valence-corrected chi connectivity index (χ0v) is 10.6. The highest BCUT2D eigenvalue weighted by atomic mass is 19.1. The molecule has 0 aliphatic heterocycles. The van der Waals surface area contributed by atoms with Crippen LogP contribution in [-0.2, 0) is 0 Å². The van der Waals surface area contributed by atoms with E-state index in [4.69, 9.17) is 5.11 Å². The molecule has 0 aliphatic rings. The Morgan fingerprint density at radius 3 is 3.00 bits per heavy atom. The van der Waals surface area contributed by atoms with Crippen molar-refractivity contribution in [1.29, 1.82) is 0 Å². The third-order valence-corrected chi connectivity index (χ3v) is 2.98. The van der Waals surface area contributed by atoms with Crippen molar-refractivity contribution >= 4 is 16.7 Å². The minimum atomic E-state index is -0.540. The van der Waals surface area contributed by atoms with Gasteiger partial charge in [-0.2, -0.15) is 0 Å².